The maximum absolute atomic E-state index is 3.24. The minimum atomic E-state index is 0.654. The molecule has 13 heavy (non-hydrogen) atoms. The topological polar surface area (TPSA) is 24.1 Å². The molecule has 1 fully saturated rings. The Labute approximate surface area is 82.5 Å². The molecule has 0 heterocycles. The van der Waals surface area contributed by atoms with E-state index in [0.29, 0.717) is 5.41 Å². The first kappa shape index (κ1) is 11.0. The van der Waals surface area contributed by atoms with E-state index < -0.39 is 0 Å². The molecule has 0 atom stereocenters. The second-order valence-electron chi connectivity index (χ2n) is 4.83. The monoisotopic (exact) mass is 184 g/mol. The fourth-order valence-electron chi connectivity index (χ4n) is 2.52. The summed E-state index contributed by atoms with van der Waals surface area (Å²) in [6, 6.07) is 0. The summed E-state index contributed by atoms with van der Waals surface area (Å²) in [7, 11) is 4.08. The van der Waals surface area contributed by atoms with Gasteiger partial charge in [0.1, 0.15) is 0 Å². The van der Waals surface area contributed by atoms with Gasteiger partial charge in [-0.1, -0.05) is 6.92 Å². The highest BCUT2D eigenvalue weighted by molar-refractivity contribution is 4.90. The Hall–Kier alpha value is -0.0800. The average Bonchev–Trinajstić information content (AvgIpc) is 2.07. The van der Waals surface area contributed by atoms with Crippen molar-refractivity contribution in [1.29, 1.82) is 0 Å². The van der Waals surface area contributed by atoms with Crippen LogP contribution in [0.15, 0.2) is 0 Å². The summed E-state index contributed by atoms with van der Waals surface area (Å²) in [5.74, 6) is 0.995. The molecule has 0 aromatic rings. The fourth-order valence-corrected chi connectivity index (χ4v) is 2.52. The molecule has 1 rings (SSSR count). The first-order valence-corrected chi connectivity index (χ1v) is 5.49. The summed E-state index contributed by atoms with van der Waals surface area (Å²) >= 11 is 0. The quantitative estimate of drug-likeness (QED) is 0.655. The smallest absolute Gasteiger partial charge is 0.00467 e. The molecule has 2 heteroatoms. The minimum absolute atomic E-state index is 0.654. The third-order valence-electron chi connectivity index (χ3n) is 3.34. The average molecular weight is 184 g/mol. The van der Waals surface area contributed by atoms with E-state index in [1.54, 1.807) is 0 Å². The Morgan fingerprint density at radius 3 is 2.31 bits per heavy atom. The molecular weight excluding hydrogens is 160 g/mol. The van der Waals surface area contributed by atoms with Crippen molar-refractivity contribution in [3.63, 3.8) is 0 Å². The van der Waals surface area contributed by atoms with Crippen molar-refractivity contribution in [2.45, 2.75) is 32.6 Å². The summed E-state index contributed by atoms with van der Waals surface area (Å²) in [6.45, 7) is 4.79. The van der Waals surface area contributed by atoms with Crippen molar-refractivity contribution in [1.82, 2.24) is 10.6 Å². The second-order valence-corrected chi connectivity index (χ2v) is 4.83. The summed E-state index contributed by atoms with van der Waals surface area (Å²) in [6.07, 6.45) is 5.60. The van der Waals surface area contributed by atoms with Gasteiger partial charge in [0.25, 0.3) is 0 Å². The lowest BCUT2D eigenvalue weighted by Crippen LogP contribution is -2.37. The molecule has 0 aliphatic heterocycles. The first-order chi connectivity index (χ1) is 6.20. The van der Waals surface area contributed by atoms with Gasteiger partial charge >= 0.3 is 0 Å². The van der Waals surface area contributed by atoms with Gasteiger partial charge in [0.05, 0.1) is 0 Å². The van der Waals surface area contributed by atoms with E-state index in [4.69, 9.17) is 0 Å². The van der Waals surface area contributed by atoms with Gasteiger partial charge in [-0.15, -0.1) is 0 Å². The number of hydrogen-bond acceptors (Lipinski definition) is 2. The lowest BCUT2D eigenvalue weighted by molar-refractivity contribution is 0.0608. The number of rotatable bonds is 6. The number of hydrogen-bond donors (Lipinski definition) is 2. The summed E-state index contributed by atoms with van der Waals surface area (Å²) in [5, 5.41) is 6.46. The summed E-state index contributed by atoms with van der Waals surface area (Å²) in [4.78, 5) is 0. The highest BCUT2D eigenvalue weighted by Gasteiger charge is 2.38. The summed E-state index contributed by atoms with van der Waals surface area (Å²) < 4.78 is 0. The zero-order valence-electron chi connectivity index (χ0n) is 9.32. The van der Waals surface area contributed by atoms with E-state index in [9.17, 15) is 0 Å². The second kappa shape index (κ2) is 4.97. The Kier molecular flexibility index (Phi) is 4.20. The standard InChI is InChI=1S/C11H24N2/c1-11(5-7-13-3)8-10(9-11)4-6-12-2/h10,12-13H,4-9H2,1-3H3. The molecule has 0 amide bonds. The third kappa shape index (κ3) is 3.28. The third-order valence-corrected chi connectivity index (χ3v) is 3.34. The predicted octanol–water partition coefficient (Wildman–Crippen LogP) is 1.62. The zero-order chi connectivity index (χ0) is 9.73. The molecule has 0 radical (unpaired) electrons. The van der Waals surface area contributed by atoms with Crippen LogP contribution in [0.1, 0.15) is 32.6 Å². The van der Waals surface area contributed by atoms with Crippen LogP contribution in [0.4, 0.5) is 0 Å². The Balaban J connectivity index is 2.07. The van der Waals surface area contributed by atoms with Crippen LogP contribution in [0.3, 0.4) is 0 Å². The molecule has 0 spiro atoms. The van der Waals surface area contributed by atoms with Crippen LogP contribution < -0.4 is 10.6 Å². The van der Waals surface area contributed by atoms with Crippen molar-refractivity contribution < 1.29 is 0 Å². The maximum Gasteiger partial charge on any atom is -0.00467 e. The van der Waals surface area contributed by atoms with Crippen molar-refractivity contribution >= 4 is 0 Å². The molecule has 2 nitrogen and oxygen atoms in total. The zero-order valence-corrected chi connectivity index (χ0v) is 9.32. The van der Waals surface area contributed by atoms with Gasteiger partial charge in [0.2, 0.25) is 0 Å². The SMILES string of the molecule is CNCCC1CC(C)(CCNC)C1. The Morgan fingerprint density at radius 1 is 1.15 bits per heavy atom. The molecule has 2 N–H and O–H groups in total. The molecule has 1 aliphatic carbocycles. The lowest BCUT2D eigenvalue weighted by Gasteiger charge is -2.46. The van der Waals surface area contributed by atoms with Crippen LogP contribution in [0.5, 0.6) is 0 Å². The van der Waals surface area contributed by atoms with Gasteiger partial charge < -0.3 is 10.6 Å². The van der Waals surface area contributed by atoms with Crippen LogP contribution in [0, 0.1) is 11.3 Å². The summed E-state index contributed by atoms with van der Waals surface area (Å²) in [5.41, 5.74) is 0.654. The van der Waals surface area contributed by atoms with Crippen LogP contribution in [0.2, 0.25) is 0 Å². The normalized spacial score (nSPS) is 33.0. The van der Waals surface area contributed by atoms with Crippen LogP contribution in [-0.2, 0) is 0 Å². The van der Waals surface area contributed by atoms with Crippen LogP contribution in [0.25, 0.3) is 0 Å². The predicted molar refractivity (Wildman–Crippen MR) is 57.9 cm³/mol. The molecule has 78 valence electrons. The minimum Gasteiger partial charge on any atom is -0.320 e. The van der Waals surface area contributed by atoms with Gasteiger partial charge in [-0.05, 0) is 64.2 Å². The molecule has 0 unspecified atom stereocenters. The molecule has 1 saturated carbocycles. The van der Waals surface area contributed by atoms with Gasteiger partial charge in [-0.25, -0.2) is 0 Å². The van der Waals surface area contributed by atoms with Gasteiger partial charge in [-0.3, -0.25) is 0 Å². The van der Waals surface area contributed by atoms with Crippen molar-refractivity contribution in [2.24, 2.45) is 11.3 Å². The van der Waals surface area contributed by atoms with Gasteiger partial charge in [0, 0.05) is 0 Å². The van der Waals surface area contributed by atoms with E-state index in [1.807, 2.05) is 14.1 Å². The maximum atomic E-state index is 3.24. The molecule has 1 aliphatic rings. The van der Waals surface area contributed by atoms with Crippen LogP contribution in [-0.4, -0.2) is 27.2 Å². The van der Waals surface area contributed by atoms with Crippen molar-refractivity contribution in [2.75, 3.05) is 27.2 Å². The van der Waals surface area contributed by atoms with Crippen molar-refractivity contribution in [3.8, 4) is 0 Å². The van der Waals surface area contributed by atoms with E-state index in [2.05, 4.69) is 17.6 Å². The Morgan fingerprint density at radius 2 is 1.77 bits per heavy atom. The van der Waals surface area contributed by atoms with Crippen LogP contribution >= 0.6 is 0 Å². The van der Waals surface area contributed by atoms with E-state index in [-0.39, 0.29) is 0 Å². The molecule has 0 aromatic carbocycles. The van der Waals surface area contributed by atoms with E-state index >= 15 is 0 Å². The molecular formula is C11H24N2. The first-order valence-electron chi connectivity index (χ1n) is 5.49. The largest absolute Gasteiger partial charge is 0.320 e. The van der Waals surface area contributed by atoms with Gasteiger partial charge in [-0.2, -0.15) is 0 Å². The van der Waals surface area contributed by atoms with E-state index in [0.717, 1.165) is 5.92 Å². The highest BCUT2D eigenvalue weighted by Crippen LogP contribution is 2.48. The molecule has 0 bridgehead atoms. The van der Waals surface area contributed by atoms with E-state index in [1.165, 1.54) is 38.8 Å². The molecule has 0 aromatic heterocycles. The number of nitrogens with one attached hydrogen (secondary N) is 2. The molecule has 0 saturated heterocycles. The van der Waals surface area contributed by atoms with Crippen molar-refractivity contribution in [3.05, 3.63) is 0 Å². The lowest BCUT2D eigenvalue weighted by atomic mass is 9.60. The fraction of sp³-hybridized carbons (Fsp3) is 1.00. The highest BCUT2D eigenvalue weighted by atomic mass is 14.8. The van der Waals surface area contributed by atoms with Gasteiger partial charge in [0.15, 0.2) is 0 Å². The Bertz CT molecular complexity index is 139.